The molecule has 2 aromatic carbocycles. The Bertz CT molecular complexity index is 901. The number of anilines is 1. The Hall–Kier alpha value is -2.29. The fraction of sp³-hybridized carbons (Fsp3) is 0.200. The number of rotatable bonds is 5. The molecule has 134 valence electrons. The van der Waals surface area contributed by atoms with Gasteiger partial charge in [0.15, 0.2) is 0 Å². The summed E-state index contributed by atoms with van der Waals surface area (Å²) in [6.07, 6.45) is 1.48. The molecule has 0 aromatic heterocycles. The summed E-state index contributed by atoms with van der Waals surface area (Å²) in [6, 6.07) is 12.6. The second-order valence-corrected chi connectivity index (χ2v) is 7.28. The van der Waals surface area contributed by atoms with Gasteiger partial charge in [-0.3, -0.25) is 4.79 Å². The van der Waals surface area contributed by atoms with Crippen molar-refractivity contribution >= 4 is 45.2 Å². The van der Waals surface area contributed by atoms with Crippen LogP contribution < -0.4 is 10.1 Å². The number of halogens is 2. The van der Waals surface area contributed by atoms with E-state index in [0.717, 1.165) is 10.0 Å². The number of hydrogen-bond donors (Lipinski definition) is 1. The molecule has 0 atom stereocenters. The Morgan fingerprint density at radius 3 is 2.69 bits per heavy atom. The Morgan fingerprint density at radius 2 is 2.04 bits per heavy atom. The number of nitrogens with zero attached hydrogens (tertiary/aromatic N) is 1. The first-order chi connectivity index (χ1) is 12.3. The Morgan fingerprint density at radius 1 is 1.31 bits per heavy atom. The third-order valence-electron chi connectivity index (χ3n) is 3.45. The zero-order valence-corrected chi connectivity index (χ0v) is 17.0. The Kier molecular flexibility index (Phi) is 6.84. The molecule has 0 aliphatic carbocycles. The van der Waals surface area contributed by atoms with Crippen molar-refractivity contribution in [3.63, 3.8) is 0 Å². The van der Waals surface area contributed by atoms with Crippen molar-refractivity contribution in [2.45, 2.75) is 26.9 Å². The Labute approximate surface area is 166 Å². The Balaban J connectivity index is 2.36. The number of carbonyl (C=O) groups is 1. The van der Waals surface area contributed by atoms with Crippen molar-refractivity contribution < 1.29 is 9.53 Å². The van der Waals surface area contributed by atoms with Crippen LogP contribution in [0.2, 0.25) is 5.02 Å². The highest BCUT2D eigenvalue weighted by molar-refractivity contribution is 9.10. The van der Waals surface area contributed by atoms with Crippen LogP contribution in [0, 0.1) is 18.3 Å². The zero-order chi connectivity index (χ0) is 19.3. The second kappa shape index (κ2) is 8.88. The van der Waals surface area contributed by atoms with Crippen LogP contribution in [-0.4, -0.2) is 12.0 Å². The normalized spacial score (nSPS) is 11.2. The standard InChI is InChI=1S/C20H18BrClN2O2/c1-12(2)26-19-7-5-16(21)9-14(19)8-15(11-23)20(25)24-18-10-17(22)6-4-13(18)3/h4-10,12H,1-3H3,(H,24,25)/b15-8+. The van der Waals surface area contributed by atoms with Crippen molar-refractivity contribution in [3.05, 3.63) is 62.6 Å². The van der Waals surface area contributed by atoms with Gasteiger partial charge in [-0.15, -0.1) is 0 Å². The molecule has 6 heteroatoms. The minimum atomic E-state index is -0.506. The van der Waals surface area contributed by atoms with Crippen molar-refractivity contribution in [2.75, 3.05) is 5.32 Å². The largest absolute Gasteiger partial charge is 0.490 e. The summed E-state index contributed by atoms with van der Waals surface area (Å²) < 4.78 is 6.58. The highest BCUT2D eigenvalue weighted by Gasteiger charge is 2.13. The van der Waals surface area contributed by atoms with Gasteiger partial charge in [-0.1, -0.05) is 33.6 Å². The first-order valence-electron chi connectivity index (χ1n) is 7.95. The third-order valence-corrected chi connectivity index (χ3v) is 4.18. The van der Waals surface area contributed by atoms with Gasteiger partial charge in [-0.25, -0.2) is 0 Å². The van der Waals surface area contributed by atoms with E-state index < -0.39 is 5.91 Å². The molecular weight excluding hydrogens is 416 g/mol. The summed E-state index contributed by atoms with van der Waals surface area (Å²) in [7, 11) is 0. The summed E-state index contributed by atoms with van der Waals surface area (Å²) in [5.41, 5.74) is 2.03. The molecule has 1 N–H and O–H groups in total. The van der Waals surface area contributed by atoms with E-state index in [-0.39, 0.29) is 11.7 Å². The minimum Gasteiger partial charge on any atom is -0.490 e. The first-order valence-corrected chi connectivity index (χ1v) is 9.12. The highest BCUT2D eigenvalue weighted by atomic mass is 79.9. The lowest BCUT2D eigenvalue weighted by molar-refractivity contribution is -0.112. The summed E-state index contributed by atoms with van der Waals surface area (Å²) in [5, 5.41) is 12.7. The SMILES string of the molecule is Cc1ccc(Cl)cc1NC(=O)/C(C#N)=C/c1cc(Br)ccc1OC(C)C. The number of benzene rings is 2. The van der Waals surface area contributed by atoms with E-state index in [1.54, 1.807) is 30.3 Å². The van der Waals surface area contributed by atoms with E-state index in [9.17, 15) is 10.1 Å². The first kappa shape index (κ1) is 20.0. The molecule has 2 rings (SSSR count). The van der Waals surface area contributed by atoms with Crippen LogP contribution in [0.1, 0.15) is 25.0 Å². The molecule has 0 bridgehead atoms. The van der Waals surface area contributed by atoms with E-state index >= 15 is 0 Å². The predicted molar refractivity (Wildman–Crippen MR) is 108 cm³/mol. The fourth-order valence-corrected chi connectivity index (χ4v) is 2.77. The molecule has 0 saturated heterocycles. The smallest absolute Gasteiger partial charge is 0.266 e. The lowest BCUT2D eigenvalue weighted by Crippen LogP contribution is -2.14. The summed E-state index contributed by atoms with van der Waals surface area (Å²) in [6.45, 7) is 5.68. The predicted octanol–water partition coefficient (Wildman–Crippen LogP) is 5.74. The second-order valence-electron chi connectivity index (χ2n) is 5.93. The topological polar surface area (TPSA) is 62.1 Å². The van der Waals surface area contributed by atoms with E-state index in [1.165, 1.54) is 6.08 Å². The van der Waals surface area contributed by atoms with E-state index in [2.05, 4.69) is 21.2 Å². The van der Waals surface area contributed by atoms with Crippen LogP contribution in [0.25, 0.3) is 6.08 Å². The van der Waals surface area contributed by atoms with Crippen LogP contribution in [0.5, 0.6) is 5.75 Å². The van der Waals surface area contributed by atoms with Crippen LogP contribution in [0.4, 0.5) is 5.69 Å². The molecular formula is C20H18BrClN2O2. The maximum atomic E-state index is 12.5. The van der Waals surface area contributed by atoms with Gasteiger partial charge in [0.1, 0.15) is 17.4 Å². The van der Waals surface area contributed by atoms with E-state index in [1.807, 2.05) is 32.9 Å². The monoisotopic (exact) mass is 432 g/mol. The van der Waals surface area contributed by atoms with Gasteiger partial charge in [0.05, 0.1) is 6.10 Å². The molecule has 0 aliphatic rings. The van der Waals surface area contributed by atoms with Crippen LogP contribution in [0.15, 0.2) is 46.4 Å². The maximum Gasteiger partial charge on any atom is 0.266 e. The third kappa shape index (κ3) is 5.35. The van der Waals surface area contributed by atoms with Gasteiger partial charge in [0, 0.05) is 20.7 Å². The number of nitriles is 1. The number of hydrogen-bond acceptors (Lipinski definition) is 3. The molecule has 0 spiro atoms. The minimum absolute atomic E-state index is 0.0307. The van der Waals surface area contributed by atoms with Gasteiger partial charge < -0.3 is 10.1 Å². The molecule has 0 saturated carbocycles. The summed E-state index contributed by atoms with van der Waals surface area (Å²) in [4.78, 5) is 12.5. The highest BCUT2D eigenvalue weighted by Crippen LogP contribution is 2.27. The zero-order valence-electron chi connectivity index (χ0n) is 14.6. The average Bonchev–Trinajstić information content (AvgIpc) is 2.57. The molecule has 26 heavy (non-hydrogen) atoms. The molecule has 0 radical (unpaired) electrons. The lowest BCUT2D eigenvalue weighted by Gasteiger charge is -2.13. The molecule has 2 aromatic rings. The molecule has 0 unspecified atom stereocenters. The van der Waals surface area contributed by atoms with Crippen molar-refractivity contribution in [1.29, 1.82) is 5.26 Å². The molecule has 0 fully saturated rings. The number of ether oxygens (including phenoxy) is 1. The summed E-state index contributed by atoms with van der Waals surface area (Å²) >= 11 is 9.38. The number of nitrogens with one attached hydrogen (secondary N) is 1. The average molecular weight is 434 g/mol. The molecule has 4 nitrogen and oxygen atoms in total. The molecule has 0 heterocycles. The van der Waals surface area contributed by atoms with Gasteiger partial charge >= 0.3 is 0 Å². The van der Waals surface area contributed by atoms with Crippen LogP contribution in [-0.2, 0) is 4.79 Å². The molecule has 0 aliphatic heterocycles. The van der Waals surface area contributed by atoms with E-state index in [0.29, 0.717) is 22.0 Å². The fourth-order valence-electron chi connectivity index (χ4n) is 2.22. The van der Waals surface area contributed by atoms with Crippen molar-refractivity contribution in [1.82, 2.24) is 0 Å². The number of carbonyl (C=O) groups excluding carboxylic acids is 1. The lowest BCUT2D eigenvalue weighted by atomic mass is 10.1. The van der Waals surface area contributed by atoms with E-state index in [4.69, 9.17) is 16.3 Å². The van der Waals surface area contributed by atoms with Gasteiger partial charge in [0.25, 0.3) is 5.91 Å². The van der Waals surface area contributed by atoms with Crippen LogP contribution >= 0.6 is 27.5 Å². The quantitative estimate of drug-likeness (QED) is 0.483. The van der Waals surface area contributed by atoms with Gasteiger partial charge in [-0.2, -0.15) is 5.26 Å². The van der Waals surface area contributed by atoms with Gasteiger partial charge in [0.2, 0.25) is 0 Å². The molecule has 1 amide bonds. The number of amides is 1. The maximum absolute atomic E-state index is 12.5. The van der Waals surface area contributed by atoms with Crippen molar-refractivity contribution in [2.24, 2.45) is 0 Å². The van der Waals surface area contributed by atoms with Gasteiger partial charge in [-0.05, 0) is 62.7 Å². The summed E-state index contributed by atoms with van der Waals surface area (Å²) in [5.74, 6) is 0.0935. The van der Waals surface area contributed by atoms with Crippen LogP contribution in [0.3, 0.4) is 0 Å². The number of aryl methyl sites for hydroxylation is 1. The van der Waals surface area contributed by atoms with Crippen molar-refractivity contribution in [3.8, 4) is 11.8 Å².